The number of nitrogens with two attached hydrogens (primary N) is 1. The molecule has 2 atom stereocenters. The van der Waals surface area contributed by atoms with Crippen LogP contribution in [0.25, 0.3) is 0 Å². The van der Waals surface area contributed by atoms with Gasteiger partial charge >= 0.3 is 0 Å². The molecule has 0 aliphatic heterocycles. The molecule has 1 aromatic rings. The lowest BCUT2D eigenvalue weighted by atomic mass is 9.96. The molecule has 0 radical (unpaired) electrons. The van der Waals surface area contributed by atoms with E-state index in [1.807, 2.05) is 19.9 Å². The lowest BCUT2D eigenvalue weighted by molar-refractivity contribution is 0.141. The van der Waals surface area contributed by atoms with E-state index in [1.54, 1.807) is 0 Å². The first-order chi connectivity index (χ1) is 8.47. The Balaban J connectivity index is 2.76. The average Bonchev–Trinajstić information content (AvgIpc) is 2.33. The Hall–Kier alpha value is -1.06. The Morgan fingerprint density at radius 2 is 1.94 bits per heavy atom. The van der Waals surface area contributed by atoms with Gasteiger partial charge in [0.1, 0.15) is 5.75 Å². The van der Waals surface area contributed by atoms with E-state index >= 15 is 0 Å². The molecule has 1 aromatic carbocycles. The summed E-state index contributed by atoms with van der Waals surface area (Å²) in [5.41, 5.74) is 9.35. The van der Waals surface area contributed by atoms with Crippen molar-refractivity contribution in [3.05, 3.63) is 28.8 Å². The maximum Gasteiger partial charge on any atom is 0.122 e. The highest BCUT2D eigenvalue weighted by atomic mass is 16.5. The molecule has 0 aromatic heterocycles. The second-order valence-electron chi connectivity index (χ2n) is 4.87. The van der Waals surface area contributed by atoms with E-state index in [-0.39, 0.29) is 6.04 Å². The molecule has 0 bridgehead atoms. The van der Waals surface area contributed by atoms with Crippen molar-refractivity contribution in [3.63, 3.8) is 0 Å². The monoisotopic (exact) mass is 251 g/mol. The molecule has 0 fully saturated rings. The number of hydrogen-bond acceptors (Lipinski definition) is 3. The van der Waals surface area contributed by atoms with E-state index in [4.69, 9.17) is 10.5 Å². The Labute approximate surface area is 110 Å². The summed E-state index contributed by atoms with van der Waals surface area (Å²) in [7, 11) is 0. The first-order valence-electron chi connectivity index (χ1n) is 6.62. The van der Waals surface area contributed by atoms with Crippen LogP contribution in [0.15, 0.2) is 12.1 Å². The third-order valence-electron chi connectivity index (χ3n) is 3.47. The van der Waals surface area contributed by atoms with E-state index in [0.717, 1.165) is 12.2 Å². The number of benzene rings is 1. The zero-order chi connectivity index (χ0) is 13.7. The fraction of sp³-hybridized carbons (Fsp3) is 0.600. The van der Waals surface area contributed by atoms with Crippen molar-refractivity contribution in [3.8, 4) is 5.75 Å². The Morgan fingerprint density at radius 3 is 2.50 bits per heavy atom. The van der Waals surface area contributed by atoms with Crippen molar-refractivity contribution in [2.45, 2.75) is 52.7 Å². The number of rotatable bonds is 6. The molecular formula is C15H25NO2. The maximum atomic E-state index is 9.74. The summed E-state index contributed by atoms with van der Waals surface area (Å²) in [6.45, 7) is 8.68. The Bertz CT molecular complexity index is 388. The molecule has 3 nitrogen and oxygen atoms in total. The average molecular weight is 251 g/mol. The van der Waals surface area contributed by atoms with Crippen LogP contribution >= 0.6 is 0 Å². The molecule has 0 saturated carbocycles. The summed E-state index contributed by atoms with van der Waals surface area (Å²) in [6.07, 6.45) is 1.12. The van der Waals surface area contributed by atoms with Crippen molar-refractivity contribution in [2.75, 3.05) is 6.61 Å². The smallest absolute Gasteiger partial charge is 0.122 e. The predicted octanol–water partition coefficient (Wildman–Crippen LogP) is 2.34. The first-order valence-corrected chi connectivity index (χ1v) is 6.62. The number of aliphatic hydroxyl groups excluding tert-OH is 1. The number of aryl methyl sites for hydroxylation is 1. The lowest BCUT2D eigenvalue weighted by Gasteiger charge is -2.17. The molecule has 0 aliphatic rings. The molecule has 0 spiro atoms. The van der Waals surface area contributed by atoms with Crippen LogP contribution in [0.4, 0.5) is 0 Å². The summed E-state index contributed by atoms with van der Waals surface area (Å²) >= 11 is 0. The minimum atomic E-state index is -0.434. The molecule has 1 rings (SSSR count). The van der Waals surface area contributed by atoms with Crippen LogP contribution in [0, 0.1) is 13.8 Å². The molecule has 0 saturated heterocycles. The minimum absolute atomic E-state index is 0.172. The fourth-order valence-corrected chi connectivity index (χ4v) is 2.00. The first kappa shape index (κ1) is 15.0. The van der Waals surface area contributed by atoms with Crippen molar-refractivity contribution >= 4 is 0 Å². The topological polar surface area (TPSA) is 55.5 Å². The van der Waals surface area contributed by atoms with Gasteiger partial charge in [0.2, 0.25) is 0 Å². The third-order valence-corrected chi connectivity index (χ3v) is 3.47. The fourth-order valence-electron chi connectivity index (χ4n) is 2.00. The van der Waals surface area contributed by atoms with Gasteiger partial charge in [-0.05, 0) is 63.3 Å². The predicted molar refractivity (Wildman–Crippen MR) is 75.1 cm³/mol. The van der Waals surface area contributed by atoms with Crippen LogP contribution in [-0.4, -0.2) is 23.9 Å². The zero-order valence-electron chi connectivity index (χ0n) is 11.9. The van der Waals surface area contributed by atoms with E-state index < -0.39 is 6.10 Å². The molecule has 0 amide bonds. The van der Waals surface area contributed by atoms with Crippen LogP contribution in [0.5, 0.6) is 5.75 Å². The van der Waals surface area contributed by atoms with Gasteiger partial charge in [-0.1, -0.05) is 6.07 Å². The van der Waals surface area contributed by atoms with Crippen LogP contribution in [0.3, 0.4) is 0 Å². The quantitative estimate of drug-likeness (QED) is 0.816. The second-order valence-corrected chi connectivity index (χ2v) is 4.87. The Morgan fingerprint density at radius 1 is 1.28 bits per heavy atom. The molecule has 102 valence electrons. The standard InChI is InChI=1S/C15H25NO2/c1-5-18-15-9-7-13(10(2)11(15)3)6-8-14(17)12(4)16/h7,9,12,14,17H,5-6,8,16H2,1-4H3. The summed E-state index contributed by atoms with van der Waals surface area (Å²) < 4.78 is 5.57. The van der Waals surface area contributed by atoms with Crippen LogP contribution in [0.2, 0.25) is 0 Å². The van der Waals surface area contributed by atoms with Crippen molar-refractivity contribution in [1.29, 1.82) is 0 Å². The van der Waals surface area contributed by atoms with Crippen molar-refractivity contribution < 1.29 is 9.84 Å². The molecule has 0 aliphatic carbocycles. The minimum Gasteiger partial charge on any atom is -0.494 e. The van der Waals surface area contributed by atoms with Gasteiger partial charge in [-0.15, -0.1) is 0 Å². The summed E-state index contributed by atoms with van der Waals surface area (Å²) in [5, 5.41) is 9.74. The lowest BCUT2D eigenvalue weighted by Crippen LogP contribution is -2.31. The van der Waals surface area contributed by atoms with Crippen LogP contribution in [-0.2, 0) is 6.42 Å². The van der Waals surface area contributed by atoms with Gasteiger partial charge in [-0.25, -0.2) is 0 Å². The number of aliphatic hydroxyl groups is 1. The van der Waals surface area contributed by atoms with Crippen LogP contribution in [0.1, 0.15) is 37.0 Å². The van der Waals surface area contributed by atoms with Crippen molar-refractivity contribution in [1.82, 2.24) is 0 Å². The summed E-state index contributed by atoms with van der Waals surface area (Å²) in [5.74, 6) is 0.950. The molecular weight excluding hydrogens is 226 g/mol. The third kappa shape index (κ3) is 3.72. The van der Waals surface area contributed by atoms with Gasteiger partial charge < -0.3 is 15.6 Å². The number of hydrogen-bond donors (Lipinski definition) is 2. The van der Waals surface area contributed by atoms with E-state index in [0.29, 0.717) is 13.0 Å². The van der Waals surface area contributed by atoms with Gasteiger partial charge in [0, 0.05) is 6.04 Å². The van der Waals surface area contributed by atoms with Gasteiger partial charge in [0.15, 0.2) is 0 Å². The second kappa shape index (κ2) is 6.76. The Kier molecular flexibility index (Phi) is 5.63. The normalized spacial score (nSPS) is 14.3. The molecule has 3 heteroatoms. The molecule has 3 N–H and O–H groups in total. The highest BCUT2D eigenvalue weighted by Crippen LogP contribution is 2.25. The van der Waals surface area contributed by atoms with Gasteiger partial charge in [-0.3, -0.25) is 0 Å². The molecule has 2 unspecified atom stereocenters. The zero-order valence-corrected chi connectivity index (χ0v) is 11.9. The van der Waals surface area contributed by atoms with E-state index in [1.165, 1.54) is 16.7 Å². The van der Waals surface area contributed by atoms with E-state index in [9.17, 15) is 5.11 Å². The summed E-state index contributed by atoms with van der Waals surface area (Å²) in [4.78, 5) is 0. The van der Waals surface area contributed by atoms with Crippen molar-refractivity contribution in [2.24, 2.45) is 5.73 Å². The maximum absolute atomic E-state index is 9.74. The van der Waals surface area contributed by atoms with Gasteiger partial charge in [0.25, 0.3) is 0 Å². The number of ether oxygens (including phenoxy) is 1. The SMILES string of the molecule is CCOc1ccc(CCC(O)C(C)N)c(C)c1C. The highest BCUT2D eigenvalue weighted by Gasteiger charge is 2.12. The van der Waals surface area contributed by atoms with Crippen LogP contribution < -0.4 is 10.5 Å². The molecule has 18 heavy (non-hydrogen) atoms. The van der Waals surface area contributed by atoms with E-state index in [2.05, 4.69) is 19.9 Å². The highest BCUT2D eigenvalue weighted by molar-refractivity contribution is 5.43. The largest absolute Gasteiger partial charge is 0.494 e. The van der Waals surface area contributed by atoms with Gasteiger partial charge in [0.05, 0.1) is 12.7 Å². The molecule has 0 heterocycles. The van der Waals surface area contributed by atoms with Gasteiger partial charge in [-0.2, -0.15) is 0 Å². The summed E-state index contributed by atoms with van der Waals surface area (Å²) in [6, 6.07) is 3.93.